The fourth-order valence-corrected chi connectivity index (χ4v) is 4.60. The molecule has 0 fully saturated rings. The van der Waals surface area contributed by atoms with Gasteiger partial charge in [-0.15, -0.1) is 6.58 Å². The number of hydrogen-bond donors (Lipinski definition) is 1. The van der Waals surface area contributed by atoms with Gasteiger partial charge in [0.05, 0.1) is 37.3 Å². The summed E-state index contributed by atoms with van der Waals surface area (Å²) in [5.74, 6) is 0.0850. The zero-order chi connectivity index (χ0) is 26.5. The van der Waals surface area contributed by atoms with Gasteiger partial charge >= 0.3 is 12.1 Å². The highest BCUT2D eigenvalue weighted by molar-refractivity contribution is 6.05. The van der Waals surface area contributed by atoms with E-state index < -0.39 is 29.2 Å². The van der Waals surface area contributed by atoms with Gasteiger partial charge in [0, 0.05) is 12.0 Å². The Hall–Kier alpha value is -3.36. The number of guanidine groups is 1. The monoisotopic (exact) mass is 499 g/mol. The van der Waals surface area contributed by atoms with Crippen LogP contribution in [0.25, 0.3) is 0 Å². The number of aliphatic imine (C=N–C) groups is 1. The minimum Gasteiger partial charge on any atom is -0.493 e. The van der Waals surface area contributed by atoms with Crippen LogP contribution >= 0.6 is 0 Å². The van der Waals surface area contributed by atoms with Crippen molar-refractivity contribution in [2.75, 3.05) is 13.7 Å². The van der Waals surface area contributed by atoms with Gasteiger partial charge in [0.1, 0.15) is 11.4 Å². The van der Waals surface area contributed by atoms with Crippen LogP contribution in [-0.2, 0) is 14.3 Å². The van der Waals surface area contributed by atoms with Crippen molar-refractivity contribution in [3.8, 4) is 5.75 Å². The Labute approximate surface area is 212 Å². The smallest absolute Gasteiger partial charge is 0.414 e. The molecule has 0 saturated carbocycles. The third-order valence-electron chi connectivity index (χ3n) is 6.39. The lowest BCUT2D eigenvalue weighted by Crippen LogP contribution is -2.56. The molecule has 2 atom stereocenters. The molecule has 2 aliphatic rings. The van der Waals surface area contributed by atoms with E-state index in [1.54, 1.807) is 39.0 Å². The van der Waals surface area contributed by atoms with Crippen molar-refractivity contribution in [3.63, 3.8) is 0 Å². The number of carbonyl (C=O) groups is 3. The second kappa shape index (κ2) is 11.1. The summed E-state index contributed by atoms with van der Waals surface area (Å²) in [5, 5.41) is 2.75. The SMILES string of the molecule is C=CCCC[C@@]1(CC)CC(=O)N([C@@H]2CCOc3ccc(C(=O)OC)cc32)C(NC(=O)OC(C)(C)C)=N1. The number of ether oxygens (including phenoxy) is 3. The Balaban J connectivity index is 2.05. The van der Waals surface area contributed by atoms with Crippen molar-refractivity contribution in [3.05, 3.63) is 42.0 Å². The maximum atomic E-state index is 13.8. The van der Waals surface area contributed by atoms with Gasteiger partial charge in [0.2, 0.25) is 11.9 Å². The van der Waals surface area contributed by atoms with Crippen molar-refractivity contribution in [2.45, 2.75) is 83.4 Å². The second-order valence-electron chi connectivity index (χ2n) is 10.2. The van der Waals surface area contributed by atoms with Crippen LogP contribution < -0.4 is 10.1 Å². The second-order valence-corrected chi connectivity index (χ2v) is 10.2. The summed E-state index contributed by atoms with van der Waals surface area (Å²) in [6.45, 7) is 11.5. The number of unbranched alkanes of at least 4 members (excludes halogenated alkanes) is 1. The van der Waals surface area contributed by atoms with Crippen LogP contribution in [0.4, 0.5) is 4.79 Å². The van der Waals surface area contributed by atoms with Crippen molar-refractivity contribution in [1.82, 2.24) is 10.2 Å². The van der Waals surface area contributed by atoms with E-state index in [2.05, 4.69) is 11.9 Å². The fourth-order valence-electron chi connectivity index (χ4n) is 4.60. The van der Waals surface area contributed by atoms with Crippen LogP contribution in [0.5, 0.6) is 5.75 Å². The number of rotatable bonds is 7. The molecular weight excluding hydrogens is 462 g/mol. The zero-order valence-corrected chi connectivity index (χ0v) is 21.9. The third kappa shape index (κ3) is 6.25. The topological polar surface area (TPSA) is 107 Å². The number of allylic oxidation sites excluding steroid dienone is 1. The highest BCUT2D eigenvalue weighted by Crippen LogP contribution is 2.41. The molecule has 2 amide bonds. The van der Waals surface area contributed by atoms with Gasteiger partial charge in [-0.25, -0.2) is 14.6 Å². The summed E-state index contributed by atoms with van der Waals surface area (Å²) in [6.07, 6.45) is 4.81. The highest BCUT2D eigenvalue weighted by atomic mass is 16.6. The number of alkyl carbamates (subject to hydrolysis) is 1. The first kappa shape index (κ1) is 27.2. The first-order valence-corrected chi connectivity index (χ1v) is 12.4. The summed E-state index contributed by atoms with van der Waals surface area (Å²) in [4.78, 5) is 45.2. The Bertz CT molecular complexity index is 1040. The first-order valence-electron chi connectivity index (χ1n) is 12.4. The molecule has 0 bridgehead atoms. The zero-order valence-electron chi connectivity index (χ0n) is 21.9. The lowest BCUT2D eigenvalue weighted by Gasteiger charge is -2.43. The van der Waals surface area contributed by atoms with E-state index in [4.69, 9.17) is 19.2 Å². The lowest BCUT2D eigenvalue weighted by atomic mass is 9.84. The Morgan fingerprint density at radius 2 is 2.11 bits per heavy atom. The molecular formula is C27H37N3O6. The molecule has 0 aromatic heterocycles. The summed E-state index contributed by atoms with van der Waals surface area (Å²) in [6, 6.07) is 4.52. The molecule has 1 N–H and O–H groups in total. The van der Waals surface area contributed by atoms with Crippen molar-refractivity contribution in [1.29, 1.82) is 0 Å². The molecule has 0 saturated heterocycles. The maximum Gasteiger partial charge on any atom is 0.414 e. The maximum absolute atomic E-state index is 13.8. The number of nitrogens with zero attached hydrogens (tertiary/aromatic N) is 2. The molecule has 0 radical (unpaired) electrons. The number of carbonyl (C=O) groups excluding carboxylic acids is 3. The number of benzene rings is 1. The van der Waals surface area contributed by atoms with Gasteiger partial charge in [-0.2, -0.15) is 0 Å². The van der Waals surface area contributed by atoms with Crippen molar-refractivity contribution in [2.24, 2.45) is 4.99 Å². The lowest BCUT2D eigenvalue weighted by molar-refractivity contribution is -0.132. The third-order valence-corrected chi connectivity index (χ3v) is 6.39. The van der Waals surface area contributed by atoms with Gasteiger partial charge in [0.25, 0.3) is 0 Å². The number of hydrogen-bond acceptors (Lipinski definition) is 7. The van der Waals surface area contributed by atoms with Crippen molar-refractivity contribution < 1.29 is 28.6 Å². The van der Waals surface area contributed by atoms with Crippen molar-refractivity contribution >= 4 is 23.9 Å². The Morgan fingerprint density at radius 3 is 2.75 bits per heavy atom. The molecule has 0 unspecified atom stereocenters. The summed E-state index contributed by atoms with van der Waals surface area (Å²) in [7, 11) is 1.32. The van der Waals surface area contributed by atoms with Crippen LogP contribution in [0.2, 0.25) is 0 Å². The van der Waals surface area contributed by atoms with E-state index in [1.807, 2.05) is 13.0 Å². The fraction of sp³-hybridized carbons (Fsp3) is 0.556. The molecule has 36 heavy (non-hydrogen) atoms. The first-order chi connectivity index (χ1) is 17.0. The predicted octanol–water partition coefficient (Wildman–Crippen LogP) is 4.91. The largest absolute Gasteiger partial charge is 0.493 e. The average Bonchev–Trinajstić information content (AvgIpc) is 2.82. The Morgan fingerprint density at radius 1 is 1.36 bits per heavy atom. The van der Waals surface area contributed by atoms with Gasteiger partial charge < -0.3 is 14.2 Å². The van der Waals surface area contributed by atoms with Crippen LogP contribution in [0.3, 0.4) is 0 Å². The predicted molar refractivity (Wildman–Crippen MR) is 136 cm³/mol. The van der Waals surface area contributed by atoms with Crippen LogP contribution in [-0.4, -0.2) is 53.7 Å². The molecule has 9 heteroatoms. The minimum absolute atomic E-state index is 0.155. The molecule has 9 nitrogen and oxygen atoms in total. The van der Waals surface area contributed by atoms with E-state index >= 15 is 0 Å². The van der Waals surface area contributed by atoms with E-state index in [1.165, 1.54) is 12.0 Å². The number of amides is 2. The molecule has 196 valence electrons. The normalized spacial score (nSPS) is 21.6. The summed E-state index contributed by atoms with van der Waals surface area (Å²) < 4.78 is 16.2. The van der Waals surface area contributed by atoms with Gasteiger partial charge in [-0.3, -0.25) is 15.0 Å². The van der Waals surface area contributed by atoms with E-state index in [0.29, 0.717) is 42.7 Å². The van der Waals surface area contributed by atoms with E-state index in [0.717, 1.165) is 12.8 Å². The van der Waals surface area contributed by atoms with E-state index in [-0.39, 0.29) is 18.3 Å². The molecule has 1 aromatic carbocycles. The molecule has 0 aliphatic carbocycles. The van der Waals surface area contributed by atoms with Crippen LogP contribution in [0.15, 0.2) is 35.8 Å². The standard InChI is InChI=1S/C27H37N3O6/c1-7-9-10-14-27(8-2)17-22(31)30(24(29-27)28-25(33)36-26(3,4)5)20-13-15-35-21-12-11-18(16-19(20)21)23(32)34-6/h7,11-12,16,20H,1,8-10,13-15,17H2,2-6H3,(H,28,29,33)/t20-,27+/m1/s1. The average molecular weight is 500 g/mol. The minimum atomic E-state index is -0.722. The molecule has 1 aromatic rings. The number of nitrogens with one attached hydrogen (secondary N) is 1. The summed E-state index contributed by atoms with van der Waals surface area (Å²) in [5.41, 5.74) is -0.349. The molecule has 0 spiro atoms. The summed E-state index contributed by atoms with van der Waals surface area (Å²) >= 11 is 0. The molecule has 3 rings (SSSR count). The van der Waals surface area contributed by atoms with Gasteiger partial charge in [-0.1, -0.05) is 13.0 Å². The number of esters is 1. The van der Waals surface area contributed by atoms with E-state index in [9.17, 15) is 14.4 Å². The number of fused-ring (bicyclic) bond motifs is 1. The Kier molecular flexibility index (Phi) is 8.43. The molecule has 2 heterocycles. The van der Waals surface area contributed by atoms with Gasteiger partial charge in [-0.05, 0) is 64.7 Å². The van der Waals surface area contributed by atoms with Gasteiger partial charge in [0.15, 0.2) is 0 Å². The number of methoxy groups -OCH3 is 1. The van der Waals surface area contributed by atoms with Crippen LogP contribution in [0.1, 0.15) is 88.2 Å². The molecule has 2 aliphatic heterocycles. The van der Waals surface area contributed by atoms with Crippen LogP contribution in [0, 0.1) is 0 Å². The highest BCUT2D eigenvalue weighted by Gasteiger charge is 2.44. The quantitative estimate of drug-likeness (QED) is 0.324.